The molecule has 16 heavy (non-hydrogen) atoms. The zero-order chi connectivity index (χ0) is 11.4. The minimum atomic E-state index is 0.593. The maximum absolute atomic E-state index is 8.92. The Labute approximate surface area is 94.4 Å². The molecule has 1 N–H and O–H groups in total. The molecule has 0 unspecified atom stereocenters. The van der Waals surface area contributed by atoms with Gasteiger partial charge in [-0.3, -0.25) is 4.98 Å². The Hall–Kier alpha value is -2.34. The Bertz CT molecular complexity index is 524. The van der Waals surface area contributed by atoms with Crippen LogP contribution < -0.4 is 5.32 Å². The van der Waals surface area contributed by atoms with E-state index in [0.717, 1.165) is 11.4 Å². The summed E-state index contributed by atoms with van der Waals surface area (Å²) in [5.41, 5.74) is 3.48. The van der Waals surface area contributed by atoms with Crippen LogP contribution in [0, 0.1) is 18.3 Å². The Morgan fingerprint density at radius 1 is 1.19 bits per heavy atom. The molecule has 1 aromatic carbocycles. The second-order valence-corrected chi connectivity index (χ2v) is 3.52. The van der Waals surface area contributed by atoms with E-state index in [2.05, 4.69) is 16.4 Å². The topological polar surface area (TPSA) is 48.7 Å². The van der Waals surface area contributed by atoms with Crippen LogP contribution in [0.5, 0.6) is 0 Å². The molecule has 1 heterocycles. The lowest BCUT2D eigenvalue weighted by atomic mass is 10.2. The molecule has 2 rings (SSSR count). The van der Waals surface area contributed by atoms with Gasteiger partial charge in [0.2, 0.25) is 0 Å². The summed E-state index contributed by atoms with van der Waals surface area (Å²) in [7, 11) is 0. The summed E-state index contributed by atoms with van der Waals surface area (Å²) in [6, 6.07) is 11.8. The van der Waals surface area contributed by atoms with Crippen molar-refractivity contribution in [3.63, 3.8) is 0 Å². The number of anilines is 2. The summed E-state index contributed by atoms with van der Waals surface area (Å²) < 4.78 is 0. The van der Waals surface area contributed by atoms with Gasteiger partial charge in [-0.1, -0.05) is 17.7 Å². The van der Waals surface area contributed by atoms with E-state index < -0.39 is 0 Å². The molecule has 0 saturated heterocycles. The van der Waals surface area contributed by atoms with Gasteiger partial charge < -0.3 is 5.32 Å². The fourth-order valence-corrected chi connectivity index (χ4v) is 1.38. The normalized spacial score (nSPS) is 9.50. The molecule has 0 fully saturated rings. The number of hydrogen-bond acceptors (Lipinski definition) is 3. The van der Waals surface area contributed by atoms with Crippen molar-refractivity contribution < 1.29 is 0 Å². The van der Waals surface area contributed by atoms with Crippen molar-refractivity contribution in [3.05, 3.63) is 53.9 Å². The van der Waals surface area contributed by atoms with Gasteiger partial charge in [-0.15, -0.1) is 0 Å². The predicted molar refractivity (Wildman–Crippen MR) is 63.4 cm³/mol. The minimum absolute atomic E-state index is 0.593. The molecule has 0 spiro atoms. The van der Waals surface area contributed by atoms with Gasteiger partial charge in [-0.2, -0.15) is 5.26 Å². The molecule has 0 aliphatic heterocycles. The van der Waals surface area contributed by atoms with Crippen LogP contribution in [0.1, 0.15) is 11.1 Å². The Morgan fingerprint density at radius 2 is 1.94 bits per heavy atom. The Morgan fingerprint density at radius 3 is 2.62 bits per heavy atom. The van der Waals surface area contributed by atoms with Crippen LogP contribution in [0.2, 0.25) is 0 Å². The van der Waals surface area contributed by atoms with E-state index in [1.165, 1.54) is 5.56 Å². The average Bonchev–Trinajstić information content (AvgIpc) is 2.33. The van der Waals surface area contributed by atoms with Crippen molar-refractivity contribution in [1.29, 1.82) is 5.26 Å². The summed E-state index contributed by atoms with van der Waals surface area (Å²) >= 11 is 0. The van der Waals surface area contributed by atoms with Crippen LogP contribution >= 0.6 is 0 Å². The minimum Gasteiger partial charge on any atom is -0.353 e. The third kappa shape index (κ3) is 2.18. The highest BCUT2D eigenvalue weighted by Crippen LogP contribution is 2.19. The number of pyridine rings is 1. The van der Waals surface area contributed by atoms with E-state index >= 15 is 0 Å². The van der Waals surface area contributed by atoms with Crippen LogP contribution in [-0.2, 0) is 0 Å². The Kier molecular flexibility index (Phi) is 2.84. The van der Waals surface area contributed by atoms with Crippen molar-refractivity contribution in [2.45, 2.75) is 6.92 Å². The third-order valence-corrected chi connectivity index (χ3v) is 2.27. The van der Waals surface area contributed by atoms with Crippen LogP contribution in [-0.4, -0.2) is 4.98 Å². The second kappa shape index (κ2) is 4.45. The van der Waals surface area contributed by atoms with Gasteiger partial charge in [0.1, 0.15) is 6.07 Å². The van der Waals surface area contributed by atoms with E-state index in [9.17, 15) is 0 Å². The monoisotopic (exact) mass is 209 g/mol. The molecule has 2 aromatic rings. The van der Waals surface area contributed by atoms with Crippen molar-refractivity contribution in [2.24, 2.45) is 0 Å². The molecule has 3 nitrogen and oxygen atoms in total. The van der Waals surface area contributed by atoms with Gasteiger partial charge in [-0.25, -0.2) is 0 Å². The zero-order valence-electron chi connectivity index (χ0n) is 8.94. The van der Waals surface area contributed by atoms with Crippen molar-refractivity contribution in [3.8, 4) is 6.07 Å². The van der Waals surface area contributed by atoms with Gasteiger partial charge in [0, 0.05) is 11.9 Å². The molecule has 1 aromatic heterocycles. The Balaban J connectivity index is 2.27. The number of nitrogens with one attached hydrogen (secondary N) is 1. The molecular weight excluding hydrogens is 198 g/mol. The van der Waals surface area contributed by atoms with Gasteiger partial charge >= 0.3 is 0 Å². The number of rotatable bonds is 2. The number of hydrogen-bond donors (Lipinski definition) is 1. The van der Waals surface area contributed by atoms with E-state index in [-0.39, 0.29) is 0 Å². The molecule has 78 valence electrons. The lowest BCUT2D eigenvalue weighted by Crippen LogP contribution is -1.94. The molecule has 0 radical (unpaired) electrons. The van der Waals surface area contributed by atoms with E-state index in [1.54, 1.807) is 18.5 Å². The summed E-state index contributed by atoms with van der Waals surface area (Å²) in [6.07, 6.45) is 3.26. The summed E-state index contributed by atoms with van der Waals surface area (Å²) in [4.78, 5) is 3.99. The number of aromatic nitrogens is 1. The van der Waals surface area contributed by atoms with Crippen LogP contribution in [0.4, 0.5) is 11.4 Å². The fourth-order valence-electron chi connectivity index (χ4n) is 1.38. The van der Waals surface area contributed by atoms with Crippen molar-refractivity contribution in [2.75, 3.05) is 5.32 Å². The third-order valence-electron chi connectivity index (χ3n) is 2.27. The van der Waals surface area contributed by atoms with E-state index in [4.69, 9.17) is 5.26 Å². The molecule has 0 atom stereocenters. The number of nitrogens with zero attached hydrogens (tertiary/aromatic N) is 2. The van der Waals surface area contributed by atoms with Crippen molar-refractivity contribution >= 4 is 11.4 Å². The zero-order valence-corrected chi connectivity index (χ0v) is 8.94. The maximum Gasteiger partial charge on any atom is 0.101 e. The molecule has 0 saturated carbocycles. The standard InChI is InChI=1S/C13H11N3/c1-10-2-4-12(5-3-10)16-13-9-15-7-6-11(13)8-14/h2-7,9,16H,1H3. The SMILES string of the molecule is Cc1ccc(Nc2cnccc2C#N)cc1. The first-order chi connectivity index (χ1) is 7.79. The van der Waals surface area contributed by atoms with Crippen molar-refractivity contribution in [1.82, 2.24) is 4.98 Å². The first-order valence-electron chi connectivity index (χ1n) is 4.97. The number of nitriles is 1. The summed E-state index contributed by atoms with van der Waals surface area (Å²) in [5, 5.41) is 12.1. The van der Waals surface area contributed by atoms with E-state index in [1.807, 2.05) is 31.2 Å². The van der Waals surface area contributed by atoms with Crippen LogP contribution in [0.25, 0.3) is 0 Å². The lowest BCUT2D eigenvalue weighted by molar-refractivity contribution is 1.30. The molecule has 0 amide bonds. The molecule has 0 aliphatic carbocycles. The first-order valence-corrected chi connectivity index (χ1v) is 4.97. The van der Waals surface area contributed by atoms with E-state index in [0.29, 0.717) is 5.56 Å². The van der Waals surface area contributed by atoms with Crippen LogP contribution in [0.15, 0.2) is 42.7 Å². The van der Waals surface area contributed by atoms with Gasteiger partial charge in [0.15, 0.2) is 0 Å². The van der Waals surface area contributed by atoms with Gasteiger partial charge in [-0.05, 0) is 25.1 Å². The smallest absolute Gasteiger partial charge is 0.101 e. The highest BCUT2D eigenvalue weighted by atomic mass is 14.9. The summed E-state index contributed by atoms with van der Waals surface area (Å²) in [6.45, 7) is 2.04. The fraction of sp³-hybridized carbons (Fsp3) is 0.0769. The highest BCUT2D eigenvalue weighted by Gasteiger charge is 2.00. The average molecular weight is 209 g/mol. The highest BCUT2D eigenvalue weighted by molar-refractivity contribution is 5.65. The largest absolute Gasteiger partial charge is 0.353 e. The first kappa shape index (κ1) is 10.2. The van der Waals surface area contributed by atoms with Crippen LogP contribution in [0.3, 0.4) is 0 Å². The molecular formula is C13H11N3. The number of benzene rings is 1. The lowest BCUT2D eigenvalue weighted by Gasteiger charge is -2.07. The maximum atomic E-state index is 8.92. The second-order valence-electron chi connectivity index (χ2n) is 3.52. The summed E-state index contributed by atoms with van der Waals surface area (Å²) in [5.74, 6) is 0. The van der Waals surface area contributed by atoms with Gasteiger partial charge in [0.25, 0.3) is 0 Å². The molecule has 0 aliphatic rings. The number of aryl methyl sites for hydroxylation is 1. The molecule has 0 bridgehead atoms. The molecule has 3 heteroatoms. The predicted octanol–water partition coefficient (Wildman–Crippen LogP) is 3.01. The van der Waals surface area contributed by atoms with Gasteiger partial charge in [0.05, 0.1) is 17.4 Å². The quantitative estimate of drug-likeness (QED) is 0.827.